The van der Waals surface area contributed by atoms with Crippen LogP contribution >= 0.6 is 0 Å². The van der Waals surface area contributed by atoms with Crippen LogP contribution < -0.4 is 10.6 Å². The van der Waals surface area contributed by atoms with E-state index in [1.807, 2.05) is 27.0 Å². The van der Waals surface area contributed by atoms with E-state index in [-0.39, 0.29) is 0 Å². The molecule has 0 aromatic carbocycles. The van der Waals surface area contributed by atoms with Gasteiger partial charge in [0.25, 0.3) is 0 Å². The highest BCUT2D eigenvalue weighted by Gasteiger charge is 2.17. The van der Waals surface area contributed by atoms with Gasteiger partial charge in [0.15, 0.2) is 0 Å². The first kappa shape index (κ1) is 13.7. The van der Waals surface area contributed by atoms with Crippen molar-refractivity contribution in [3.63, 3.8) is 0 Å². The Labute approximate surface area is 103 Å². The van der Waals surface area contributed by atoms with Gasteiger partial charge in [0.05, 0.1) is 5.60 Å². The molecule has 0 aliphatic heterocycles. The summed E-state index contributed by atoms with van der Waals surface area (Å²) >= 11 is 0. The Balaban J connectivity index is 2.76. The van der Waals surface area contributed by atoms with E-state index in [9.17, 15) is 5.11 Å². The van der Waals surface area contributed by atoms with E-state index in [1.54, 1.807) is 6.92 Å². The van der Waals surface area contributed by atoms with E-state index in [0.29, 0.717) is 13.0 Å². The standard InChI is InChI=1S/C12H22N4O/c1-5-9-15-10(13-4)7-11(16-9)14-8-12(3,17)6-2/h7,17H,5-6,8H2,1-4H3,(H2,13,14,15,16). The Hall–Kier alpha value is -1.36. The summed E-state index contributed by atoms with van der Waals surface area (Å²) in [6, 6.07) is 1.84. The summed E-state index contributed by atoms with van der Waals surface area (Å²) in [7, 11) is 1.83. The van der Waals surface area contributed by atoms with E-state index in [2.05, 4.69) is 20.6 Å². The van der Waals surface area contributed by atoms with Crippen LogP contribution in [0.5, 0.6) is 0 Å². The van der Waals surface area contributed by atoms with Crippen molar-refractivity contribution in [3.8, 4) is 0 Å². The van der Waals surface area contributed by atoms with Gasteiger partial charge in [-0.2, -0.15) is 0 Å². The number of aryl methyl sites for hydroxylation is 1. The fraction of sp³-hybridized carbons (Fsp3) is 0.667. The number of nitrogens with zero attached hydrogens (tertiary/aromatic N) is 2. The molecule has 3 N–H and O–H groups in total. The predicted molar refractivity (Wildman–Crippen MR) is 70.4 cm³/mol. The van der Waals surface area contributed by atoms with Crippen LogP contribution in [-0.2, 0) is 6.42 Å². The third kappa shape index (κ3) is 4.19. The highest BCUT2D eigenvalue weighted by Crippen LogP contribution is 2.14. The molecule has 0 radical (unpaired) electrons. The Bertz CT molecular complexity index is 343. The van der Waals surface area contributed by atoms with Gasteiger partial charge in [-0.3, -0.25) is 0 Å². The van der Waals surface area contributed by atoms with Gasteiger partial charge in [-0.25, -0.2) is 9.97 Å². The van der Waals surface area contributed by atoms with Crippen LogP contribution in [0.3, 0.4) is 0 Å². The van der Waals surface area contributed by atoms with E-state index >= 15 is 0 Å². The minimum atomic E-state index is -0.711. The van der Waals surface area contributed by atoms with Gasteiger partial charge >= 0.3 is 0 Å². The Morgan fingerprint density at radius 2 is 1.94 bits per heavy atom. The molecule has 96 valence electrons. The number of hydrogen-bond acceptors (Lipinski definition) is 5. The molecule has 17 heavy (non-hydrogen) atoms. The Kier molecular flexibility index (Phi) is 4.69. The van der Waals surface area contributed by atoms with Crippen molar-refractivity contribution in [1.82, 2.24) is 9.97 Å². The van der Waals surface area contributed by atoms with Gasteiger partial charge in [0.1, 0.15) is 17.5 Å². The molecule has 0 fully saturated rings. The lowest BCUT2D eigenvalue weighted by Crippen LogP contribution is -2.32. The number of nitrogens with one attached hydrogen (secondary N) is 2. The van der Waals surface area contributed by atoms with Crippen LogP contribution in [0.4, 0.5) is 11.6 Å². The molecular formula is C12H22N4O. The van der Waals surface area contributed by atoms with E-state index in [1.165, 1.54) is 0 Å². The van der Waals surface area contributed by atoms with Crippen LogP contribution in [0, 0.1) is 0 Å². The topological polar surface area (TPSA) is 70.1 Å². The maximum atomic E-state index is 9.92. The molecule has 1 aromatic heterocycles. The second kappa shape index (κ2) is 5.82. The summed E-state index contributed by atoms with van der Waals surface area (Å²) in [5.74, 6) is 2.32. The van der Waals surface area contributed by atoms with Crippen LogP contribution in [0.25, 0.3) is 0 Å². The SMILES string of the molecule is CCc1nc(NC)cc(NCC(C)(O)CC)n1. The summed E-state index contributed by atoms with van der Waals surface area (Å²) in [4.78, 5) is 8.67. The first-order valence-corrected chi connectivity index (χ1v) is 6.02. The van der Waals surface area contributed by atoms with Crippen molar-refractivity contribution in [2.75, 3.05) is 24.2 Å². The molecule has 1 aromatic rings. The van der Waals surface area contributed by atoms with Crippen molar-refractivity contribution in [3.05, 3.63) is 11.9 Å². The van der Waals surface area contributed by atoms with Crippen LogP contribution in [-0.4, -0.2) is 34.3 Å². The Morgan fingerprint density at radius 1 is 1.29 bits per heavy atom. The van der Waals surface area contributed by atoms with Crippen molar-refractivity contribution < 1.29 is 5.11 Å². The highest BCUT2D eigenvalue weighted by molar-refractivity contribution is 5.47. The fourth-order valence-corrected chi connectivity index (χ4v) is 1.28. The normalized spacial score (nSPS) is 14.2. The molecule has 0 aliphatic rings. The maximum Gasteiger partial charge on any atom is 0.132 e. The lowest BCUT2D eigenvalue weighted by molar-refractivity contribution is 0.0696. The smallest absolute Gasteiger partial charge is 0.132 e. The maximum absolute atomic E-state index is 9.92. The molecule has 1 unspecified atom stereocenters. The van der Waals surface area contributed by atoms with Gasteiger partial charge in [0.2, 0.25) is 0 Å². The van der Waals surface area contributed by atoms with Gasteiger partial charge in [-0.15, -0.1) is 0 Å². The monoisotopic (exact) mass is 238 g/mol. The van der Waals surface area contributed by atoms with E-state index in [0.717, 1.165) is 23.9 Å². The van der Waals surface area contributed by atoms with Crippen molar-refractivity contribution in [2.24, 2.45) is 0 Å². The summed E-state index contributed by atoms with van der Waals surface area (Å²) < 4.78 is 0. The largest absolute Gasteiger partial charge is 0.388 e. The molecule has 5 nitrogen and oxygen atoms in total. The molecule has 0 aliphatic carbocycles. The number of anilines is 2. The minimum absolute atomic E-state index is 0.479. The molecular weight excluding hydrogens is 216 g/mol. The molecule has 0 saturated carbocycles. The van der Waals surface area contributed by atoms with Crippen LogP contribution in [0.1, 0.15) is 33.0 Å². The van der Waals surface area contributed by atoms with Crippen molar-refractivity contribution in [2.45, 2.75) is 39.2 Å². The van der Waals surface area contributed by atoms with Crippen molar-refractivity contribution in [1.29, 1.82) is 0 Å². The van der Waals surface area contributed by atoms with Gasteiger partial charge < -0.3 is 15.7 Å². The number of aromatic nitrogens is 2. The second-order valence-electron chi connectivity index (χ2n) is 4.36. The molecule has 1 heterocycles. The van der Waals surface area contributed by atoms with E-state index in [4.69, 9.17) is 0 Å². The first-order chi connectivity index (χ1) is 8.00. The zero-order chi connectivity index (χ0) is 12.9. The van der Waals surface area contributed by atoms with Crippen LogP contribution in [0.15, 0.2) is 6.07 Å². The molecule has 0 amide bonds. The molecule has 1 atom stereocenters. The first-order valence-electron chi connectivity index (χ1n) is 6.02. The summed E-state index contributed by atoms with van der Waals surface area (Å²) in [5.41, 5.74) is -0.711. The molecule has 0 bridgehead atoms. The lowest BCUT2D eigenvalue weighted by atomic mass is 10.0. The third-order valence-corrected chi connectivity index (χ3v) is 2.76. The quantitative estimate of drug-likeness (QED) is 0.703. The average Bonchev–Trinajstić information content (AvgIpc) is 2.36. The molecule has 1 rings (SSSR count). The lowest BCUT2D eigenvalue weighted by Gasteiger charge is -2.22. The zero-order valence-electron chi connectivity index (χ0n) is 11.0. The Morgan fingerprint density at radius 3 is 2.47 bits per heavy atom. The zero-order valence-corrected chi connectivity index (χ0v) is 11.0. The predicted octanol–water partition coefficient (Wildman–Crippen LogP) is 1.65. The average molecular weight is 238 g/mol. The number of aliphatic hydroxyl groups is 1. The van der Waals surface area contributed by atoms with Gasteiger partial charge in [-0.1, -0.05) is 13.8 Å². The minimum Gasteiger partial charge on any atom is -0.388 e. The van der Waals surface area contributed by atoms with Crippen LogP contribution in [0.2, 0.25) is 0 Å². The van der Waals surface area contributed by atoms with Gasteiger partial charge in [-0.05, 0) is 13.3 Å². The summed E-state index contributed by atoms with van der Waals surface area (Å²) in [5, 5.41) is 16.1. The molecule has 0 saturated heterocycles. The summed E-state index contributed by atoms with van der Waals surface area (Å²) in [6.07, 6.45) is 1.49. The summed E-state index contributed by atoms with van der Waals surface area (Å²) in [6.45, 7) is 6.26. The molecule has 0 spiro atoms. The third-order valence-electron chi connectivity index (χ3n) is 2.76. The fourth-order valence-electron chi connectivity index (χ4n) is 1.28. The second-order valence-corrected chi connectivity index (χ2v) is 4.36. The van der Waals surface area contributed by atoms with Gasteiger partial charge in [0, 0.05) is 26.1 Å². The number of rotatable bonds is 6. The molecule has 5 heteroatoms. The number of hydrogen-bond donors (Lipinski definition) is 3. The highest BCUT2D eigenvalue weighted by atomic mass is 16.3. The van der Waals surface area contributed by atoms with Crippen molar-refractivity contribution >= 4 is 11.6 Å². The van der Waals surface area contributed by atoms with E-state index < -0.39 is 5.60 Å².